The predicted octanol–water partition coefficient (Wildman–Crippen LogP) is 5.39. The molecule has 0 aromatic rings. The van der Waals surface area contributed by atoms with Gasteiger partial charge in [0.25, 0.3) is 0 Å². The van der Waals surface area contributed by atoms with Gasteiger partial charge < -0.3 is 9.05 Å². The summed E-state index contributed by atoms with van der Waals surface area (Å²) >= 11 is 0. The SMILES string of the molecule is CCCCCCCCP(=O)(OCCC)OCCC. The van der Waals surface area contributed by atoms with Crippen LogP contribution < -0.4 is 0 Å². The third kappa shape index (κ3) is 10.1. The van der Waals surface area contributed by atoms with Gasteiger partial charge in [0.05, 0.1) is 19.4 Å². The standard InChI is InChI=1S/C14H31O3P/c1-4-7-8-9-10-11-14-18(15,16-12-5-2)17-13-6-3/h4-14H2,1-3H3. The Kier molecular flexibility index (Phi) is 12.3. The molecule has 0 aliphatic carbocycles. The van der Waals surface area contributed by atoms with Crippen LogP contribution in [0.15, 0.2) is 0 Å². The summed E-state index contributed by atoms with van der Waals surface area (Å²) in [5.74, 6) is 0. The lowest BCUT2D eigenvalue weighted by atomic mass is 10.1. The predicted molar refractivity (Wildman–Crippen MR) is 78.3 cm³/mol. The van der Waals surface area contributed by atoms with Crippen LogP contribution in [-0.2, 0) is 13.6 Å². The second-order valence-electron chi connectivity index (χ2n) is 4.77. The van der Waals surface area contributed by atoms with E-state index in [2.05, 4.69) is 6.92 Å². The lowest BCUT2D eigenvalue weighted by molar-refractivity contribution is 0.204. The van der Waals surface area contributed by atoms with Gasteiger partial charge in [0, 0.05) is 0 Å². The smallest absolute Gasteiger partial charge is 0.309 e. The quantitative estimate of drug-likeness (QED) is 0.334. The molecule has 0 aliphatic heterocycles. The van der Waals surface area contributed by atoms with Crippen molar-refractivity contribution in [2.75, 3.05) is 19.4 Å². The second kappa shape index (κ2) is 12.2. The fourth-order valence-corrected chi connectivity index (χ4v) is 3.58. The van der Waals surface area contributed by atoms with Gasteiger partial charge in [-0.15, -0.1) is 0 Å². The van der Waals surface area contributed by atoms with Crippen LogP contribution in [0.2, 0.25) is 0 Å². The van der Waals surface area contributed by atoms with Crippen molar-refractivity contribution in [2.45, 2.75) is 72.1 Å². The Bertz CT molecular complexity index is 207. The first-order valence-electron chi connectivity index (χ1n) is 7.56. The molecule has 0 aromatic carbocycles. The first-order valence-corrected chi connectivity index (χ1v) is 9.29. The van der Waals surface area contributed by atoms with E-state index in [-0.39, 0.29) is 0 Å². The molecule has 0 heterocycles. The zero-order valence-electron chi connectivity index (χ0n) is 12.5. The summed E-state index contributed by atoms with van der Waals surface area (Å²) in [6.45, 7) is 7.34. The van der Waals surface area contributed by atoms with E-state index in [4.69, 9.17) is 9.05 Å². The zero-order chi connectivity index (χ0) is 13.7. The van der Waals surface area contributed by atoms with Crippen molar-refractivity contribution in [1.29, 1.82) is 0 Å². The van der Waals surface area contributed by atoms with Crippen molar-refractivity contribution < 1.29 is 13.6 Å². The lowest BCUT2D eigenvalue weighted by Gasteiger charge is -2.18. The maximum atomic E-state index is 12.4. The Morgan fingerprint density at radius 1 is 0.722 bits per heavy atom. The van der Waals surface area contributed by atoms with Gasteiger partial charge in [-0.05, 0) is 19.3 Å². The normalized spacial score (nSPS) is 11.9. The van der Waals surface area contributed by atoms with Crippen LogP contribution >= 0.6 is 7.60 Å². The van der Waals surface area contributed by atoms with E-state index >= 15 is 0 Å². The average molecular weight is 278 g/mol. The van der Waals surface area contributed by atoms with Gasteiger partial charge in [-0.2, -0.15) is 0 Å². The molecule has 0 radical (unpaired) electrons. The molecular formula is C14H31O3P. The Morgan fingerprint density at radius 3 is 1.72 bits per heavy atom. The third-order valence-electron chi connectivity index (χ3n) is 2.77. The maximum absolute atomic E-state index is 12.4. The Labute approximate surface area is 113 Å². The highest BCUT2D eigenvalue weighted by Gasteiger charge is 2.23. The average Bonchev–Trinajstić information content (AvgIpc) is 2.38. The molecule has 0 aromatic heterocycles. The summed E-state index contributed by atoms with van der Waals surface area (Å²) in [4.78, 5) is 0. The molecule has 0 amide bonds. The number of rotatable bonds is 13. The van der Waals surface area contributed by atoms with Crippen LogP contribution in [0.5, 0.6) is 0 Å². The molecule has 0 rings (SSSR count). The summed E-state index contributed by atoms with van der Waals surface area (Å²) in [5.41, 5.74) is 0. The molecular weight excluding hydrogens is 247 g/mol. The van der Waals surface area contributed by atoms with Gasteiger partial charge in [0.15, 0.2) is 0 Å². The summed E-state index contributed by atoms with van der Waals surface area (Å²) < 4.78 is 23.3. The molecule has 110 valence electrons. The van der Waals surface area contributed by atoms with Crippen LogP contribution in [0.25, 0.3) is 0 Å². The van der Waals surface area contributed by atoms with Crippen LogP contribution in [0.1, 0.15) is 72.1 Å². The lowest BCUT2D eigenvalue weighted by Crippen LogP contribution is -2.02. The third-order valence-corrected chi connectivity index (χ3v) is 4.79. The summed E-state index contributed by atoms with van der Waals surface area (Å²) in [6.07, 6.45) is 9.52. The highest BCUT2D eigenvalue weighted by atomic mass is 31.2. The maximum Gasteiger partial charge on any atom is 0.330 e. The molecule has 0 saturated carbocycles. The molecule has 0 N–H and O–H groups in total. The molecule has 0 atom stereocenters. The fourth-order valence-electron chi connectivity index (χ4n) is 1.71. The highest BCUT2D eigenvalue weighted by Crippen LogP contribution is 2.49. The Balaban J connectivity index is 3.81. The van der Waals surface area contributed by atoms with Gasteiger partial charge in [0.2, 0.25) is 0 Å². The van der Waals surface area contributed by atoms with Crippen LogP contribution in [-0.4, -0.2) is 19.4 Å². The second-order valence-corrected chi connectivity index (χ2v) is 6.95. The molecule has 0 spiro atoms. The Hall–Kier alpha value is 0.150. The van der Waals surface area contributed by atoms with Crippen molar-refractivity contribution in [3.8, 4) is 0 Å². The Morgan fingerprint density at radius 2 is 1.22 bits per heavy atom. The largest absolute Gasteiger partial charge is 0.330 e. The summed E-state index contributed by atoms with van der Waals surface area (Å²) in [6, 6.07) is 0. The van der Waals surface area contributed by atoms with Crippen LogP contribution in [0.4, 0.5) is 0 Å². The summed E-state index contributed by atoms with van der Waals surface area (Å²) in [5, 5.41) is 0. The number of hydrogen-bond acceptors (Lipinski definition) is 3. The van der Waals surface area contributed by atoms with Gasteiger partial charge in [-0.1, -0.05) is 52.9 Å². The molecule has 4 heteroatoms. The molecule has 0 unspecified atom stereocenters. The van der Waals surface area contributed by atoms with Crippen molar-refractivity contribution >= 4 is 7.60 Å². The van der Waals surface area contributed by atoms with Gasteiger partial charge >= 0.3 is 7.60 Å². The minimum atomic E-state index is -2.81. The molecule has 0 saturated heterocycles. The van der Waals surface area contributed by atoms with Crippen LogP contribution in [0, 0.1) is 0 Å². The van der Waals surface area contributed by atoms with E-state index in [1.165, 1.54) is 25.7 Å². The van der Waals surface area contributed by atoms with Crippen molar-refractivity contribution in [1.82, 2.24) is 0 Å². The highest BCUT2D eigenvalue weighted by molar-refractivity contribution is 7.53. The van der Waals surface area contributed by atoms with E-state index in [1.54, 1.807) is 0 Å². The van der Waals surface area contributed by atoms with E-state index < -0.39 is 7.60 Å². The van der Waals surface area contributed by atoms with E-state index in [9.17, 15) is 4.57 Å². The van der Waals surface area contributed by atoms with E-state index in [1.807, 2.05) is 13.8 Å². The van der Waals surface area contributed by atoms with Crippen LogP contribution in [0.3, 0.4) is 0 Å². The number of hydrogen-bond donors (Lipinski definition) is 0. The van der Waals surface area contributed by atoms with E-state index in [0.29, 0.717) is 19.4 Å². The topological polar surface area (TPSA) is 35.5 Å². The zero-order valence-corrected chi connectivity index (χ0v) is 13.3. The van der Waals surface area contributed by atoms with Crippen molar-refractivity contribution in [3.05, 3.63) is 0 Å². The number of unbranched alkanes of at least 4 members (excludes halogenated alkanes) is 5. The molecule has 0 fully saturated rings. The monoisotopic (exact) mass is 278 g/mol. The summed E-state index contributed by atoms with van der Waals surface area (Å²) in [7, 11) is -2.81. The van der Waals surface area contributed by atoms with Crippen molar-refractivity contribution in [3.63, 3.8) is 0 Å². The minimum absolute atomic E-state index is 0.539. The molecule has 18 heavy (non-hydrogen) atoms. The molecule has 0 bridgehead atoms. The van der Waals surface area contributed by atoms with E-state index in [0.717, 1.165) is 25.7 Å². The van der Waals surface area contributed by atoms with Crippen molar-refractivity contribution in [2.24, 2.45) is 0 Å². The van der Waals surface area contributed by atoms with Gasteiger partial charge in [0.1, 0.15) is 0 Å². The minimum Gasteiger partial charge on any atom is -0.309 e. The van der Waals surface area contributed by atoms with Gasteiger partial charge in [-0.3, -0.25) is 4.57 Å². The molecule has 3 nitrogen and oxygen atoms in total. The first kappa shape index (κ1) is 18.1. The molecule has 0 aliphatic rings. The fraction of sp³-hybridized carbons (Fsp3) is 1.00. The first-order chi connectivity index (χ1) is 8.68. The van der Waals surface area contributed by atoms with Gasteiger partial charge in [-0.25, -0.2) is 0 Å².